The molecule has 0 aromatic carbocycles. The summed E-state index contributed by atoms with van der Waals surface area (Å²) < 4.78 is 4.15. The maximum Gasteiger partial charge on any atom is 0.321 e. The van der Waals surface area contributed by atoms with Crippen LogP contribution >= 0.6 is 12.6 Å². The summed E-state index contributed by atoms with van der Waals surface area (Å²) in [6, 6.07) is 0. The number of thiol groups is 1. The third-order valence-corrected chi connectivity index (χ3v) is 5.30. The minimum absolute atomic E-state index is 0.212. The maximum absolute atomic E-state index is 11.5. The topological polar surface area (TPSA) is 26.3 Å². The van der Waals surface area contributed by atoms with Crippen molar-refractivity contribution in [3.05, 3.63) is 0 Å². The zero-order chi connectivity index (χ0) is 18.1. The van der Waals surface area contributed by atoms with E-state index in [0.717, 1.165) is 12.8 Å². The largest absolute Gasteiger partial charge is 0.468 e. The van der Waals surface area contributed by atoms with E-state index in [1.807, 2.05) is 6.92 Å². The third kappa shape index (κ3) is 14.2. The van der Waals surface area contributed by atoms with Crippen molar-refractivity contribution in [1.82, 2.24) is 0 Å². The van der Waals surface area contributed by atoms with Crippen molar-refractivity contribution in [2.75, 3.05) is 7.11 Å². The van der Waals surface area contributed by atoms with Crippen LogP contribution in [0.4, 0.5) is 0 Å². The second kappa shape index (κ2) is 16.3. The van der Waals surface area contributed by atoms with E-state index in [1.54, 1.807) is 0 Å². The van der Waals surface area contributed by atoms with E-state index in [4.69, 9.17) is 4.74 Å². The van der Waals surface area contributed by atoms with Crippen LogP contribution in [0.3, 0.4) is 0 Å². The molecule has 0 bridgehead atoms. The van der Waals surface area contributed by atoms with Crippen LogP contribution in [0.25, 0.3) is 0 Å². The summed E-state index contributed by atoms with van der Waals surface area (Å²) in [5.41, 5.74) is 0. The zero-order valence-electron chi connectivity index (χ0n) is 16.6. The lowest BCUT2D eigenvalue weighted by atomic mass is 10.0. The first kappa shape index (κ1) is 23.8. The molecule has 0 saturated carbocycles. The van der Waals surface area contributed by atoms with Crippen LogP contribution in [0.5, 0.6) is 0 Å². The van der Waals surface area contributed by atoms with Crippen molar-refractivity contribution in [3.8, 4) is 0 Å². The molecule has 1 atom stereocenters. The van der Waals surface area contributed by atoms with E-state index in [9.17, 15) is 4.79 Å². The Hall–Kier alpha value is -0.180. The molecule has 0 heterocycles. The summed E-state index contributed by atoms with van der Waals surface area (Å²) in [5.74, 6) is -0.212. The molecule has 2 nitrogen and oxygen atoms in total. The summed E-state index contributed by atoms with van der Waals surface area (Å²) >= 11 is 4.41. The molecule has 0 radical (unpaired) electrons. The summed E-state index contributed by atoms with van der Waals surface area (Å²) in [4.78, 5) is 11.5. The lowest BCUT2D eigenvalue weighted by Crippen LogP contribution is -2.30. The fourth-order valence-electron chi connectivity index (χ4n) is 3.16. The van der Waals surface area contributed by atoms with Crippen molar-refractivity contribution in [2.24, 2.45) is 0 Å². The Bertz CT molecular complexity index is 290. The molecular weight excluding hydrogens is 316 g/mol. The number of hydrogen-bond donors (Lipinski definition) is 1. The smallest absolute Gasteiger partial charge is 0.321 e. The van der Waals surface area contributed by atoms with Crippen LogP contribution < -0.4 is 0 Å². The number of unbranched alkanes of at least 4 members (excludes halogenated alkanes) is 14. The molecule has 1 unspecified atom stereocenters. The van der Waals surface area contributed by atoms with Gasteiger partial charge in [-0.2, -0.15) is 12.6 Å². The molecule has 0 aliphatic carbocycles. The Morgan fingerprint density at radius 2 is 1.08 bits per heavy atom. The molecule has 0 N–H and O–H groups in total. The van der Waals surface area contributed by atoms with Gasteiger partial charge in [-0.1, -0.05) is 103 Å². The molecule has 0 spiro atoms. The number of carbonyl (C=O) groups is 1. The minimum Gasteiger partial charge on any atom is -0.468 e. The van der Waals surface area contributed by atoms with E-state index in [2.05, 4.69) is 19.6 Å². The van der Waals surface area contributed by atoms with Gasteiger partial charge in [-0.15, -0.1) is 0 Å². The number of esters is 1. The van der Waals surface area contributed by atoms with E-state index in [1.165, 1.54) is 97.0 Å². The lowest BCUT2D eigenvalue weighted by molar-refractivity contribution is -0.143. The summed E-state index contributed by atoms with van der Waals surface area (Å²) in [7, 11) is 1.43. The first-order valence-corrected chi connectivity index (χ1v) is 10.8. The number of rotatable bonds is 17. The van der Waals surface area contributed by atoms with Crippen LogP contribution in [0.15, 0.2) is 0 Å². The molecule has 0 fully saturated rings. The Morgan fingerprint density at radius 3 is 1.42 bits per heavy atom. The standard InChI is InChI=1S/C21H42O2S/c1-4-5-6-7-8-9-10-11-12-13-14-15-16-17-18-19-21(2,24)20(22)23-3/h24H,4-19H2,1-3H3. The second-order valence-corrected chi connectivity index (χ2v) is 8.45. The SMILES string of the molecule is CCCCCCCCCCCCCCCCCC(C)(S)C(=O)OC. The Morgan fingerprint density at radius 1 is 0.750 bits per heavy atom. The minimum atomic E-state index is -0.620. The van der Waals surface area contributed by atoms with Gasteiger partial charge in [-0.3, -0.25) is 4.79 Å². The van der Waals surface area contributed by atoms with E-state index in [0.29, 0.717) is 0 Å². The van der Waals surface area contributed by atoms with Gasteiger partial charge in [0.15, 0.2) is 0 Å². The van der Waals surface area contributed by atoms with Crippen molar-refractivity contribution >= 4 is 18.6 Å². The first-order chi connectivity index (χ1) is 11.5. The zero-order valence-corrected chi connectivity index (χ0v) is 17.5. The molecule has 0 saturated heterocycles. The predicted molar refractivity (Wildman–Crippen MR) is 109 cm³/mol. The number of carbonyl (C=O) groups excluding carboxylic acids is 1. The van der Waals surface area contributed by atoms with Crippen molar-refractivity contribution in [3.63, 3.8) is 0 Å². The summed E-state index contributed by atoms with van der Waals surface area (Å²) in [5, 5.41) is 0. The normalized spacial score (nSPS) is 13.7. The van der Waals surface area contributed by atoms with Crippen LogP contribution in [-0.4, -0.2) is 17.8 Å². The molecule has 3 heteroatoms. The molecule has 144 valence electrons. The second-order valence-electron chi connectivity index (χ2n) is 7.47. The molecule has 0 aliphatic heterocycles. The van der Waals surface area contributed by atoms with Gasteiger partial charge < -0.3 is 4.74 Å². The monoisotopic (exact) mass is 358 g/mol. The first-order valence-electron chi connectivity index (χ1n) is 10.4. The van der Waals surface area contributed by atoms with Crippen LogP contribution in [0.2, 0.25) is 0 Å². The third-order valence-electron chi connectivity index (χ3n) is 4.89. The van der Waals surface area contributed by atoms with E-state index >= 15 is 0 Å². The highest BCUT2D eigenvalue weighted by atomic mass is 32.1. The van der Waals surface area contributed by atoms with Crippen molar-refractivity contribution in [2.45, 2.75) is 121 Å². The average molecular weight is 359 g/mol. The average Bonchev–Trinajstić information content (AvgIpc) is 2.57. The van der Waals surface area contributed by atoms with Gasteiger partial charge in [0, 0.05) is 0 Å². The maximum atomic E-state index is 11.5. The molecule has 0 rings (SSSR count). The van der Waals surface area contributed by atoms with Crippen LogP contribution in [0.1, 0.15) is 117 Å². The van der Waals surface area contributed by atoms with Crippen molar-refractivity contribution < 1.29 is 9.53 Å². The Kier molecular flexibility index (Phi) is 16.2. The molecule has 0 aromatic rings. The molecular formula is C21H42O2S. The highest BCUT2D eigenvalue weighted by Crippen LogP contribution is 2.24. The molecule has 0 amide bonds. The van der Waals surface area contributed by atoms with Crippen LogP contribution in [-0.2, 0) is 9.53 Å². The van der Waals surface area contributed by atoms with Gasteiger partial charge in [0.1, 0.15) is 4.75 Å². The van der Waals surface area contributed by atoms with E-state index in [-0.39, 0.29) is 5.97 Å². The van der Waals surface area contributed by atoms with Gasteiger partial charge in [0.2, 0.25) is 0 Å². The van der Waals surface area contributed by atoms with Gasteiger partial charge in [0.05, 0.1) is 7.11 Å². The van der Waals surface area contributed by atoms with Crippen LogP contribution in [0, 0.1) is 0 Å². The molecule has 24 heavy (non-hydrogen) atoms. The Labute approximate surface area is 156 Å². The summed E-state index contributed by atoms with van der Waals surface area (Å²) in [6.07, 6.45) is 21.2. The summed E-state index contributed by atoms with van der Waals surface area (Å²) in [6.45, 7) is 4.13. The number of hydrogen-bond acceptors (Lipinski definition) is 3. The molecule has 0 aliphatic rings. The molecule has 0 aromatic heterocycles. The number of methoxy groups -OCH3 is 1. The van der Waals surface area contributed by atoms with Gasteiger partial charge >= 0.3 is 5.97 Å². The Balaban J connectivity index is 3.22. The quantitative estimate of drug-likeness (QED) is 0.170. The van der Waals surface area contributed by atoms with Gasteiger partial charge in [-0.05, 0) is 13.3 Å². The van der Waals surface area contributed by atoms with Gasteiger partial charge in [-0.25, -0.2) is 0 Å². The van der Waals surface area contributed by atoms with Crippen molar-refractivity contribution in [1.29, 1.82) is 0 Å². The highest BCUT2D eigenvalue weighted by Gasteiger charge is 2.28. The van der Waals surface area contributed by atoms with E-state index < -0.39 is 4.75 Å². The lowest BCUT2D eigenvalue weighted by Gasteiger charge is -2.19. The van der Waals surface area contributed by atoms with Gasteiger partial charge in [0.25, 0.3) is 0 Å². The highest BCUT2D eigenvalue weighted by molar-refractivity contribution is 7.82. The number of ether oxygens (including phenoxy) is 1. The fourth-order valence-corrected chi connectivity index (χ4v) is 3.41. The fraction of sp³-hybridized carbons (Fsp3) is 0.952. The predicted octanol–water partition coefficient (Wildman–Crippen LogP) is 7.11.